The fourth-order valence-electron chi connectivity index (χ4n) is 2.54. The molecule has 29 heavy (non-hydrogen) atoms. The van der Waals surface area contributed by atoms with Gasteiger partial charge in [-0.15, -0.1) is 0 Å². The number of amides is 4. The van der Waals surface area contributed by atoms with Gasteiger partial charge in [0, 0.05) is 0 Å². The van der Waals surface area contributed by atoms with Crippen LogP contribution in [0.1, 0.15) is 5.56 Å². The Morgan fingerprint density at radius 3 is 2.62 bits per heavy atom. The number of rotatable bonds is 5. The van der Waals surface area contributed by atoms with Crippen molar-refractivity contribution in [2.75, 3.05) is 11.5 Å². The van der Waals surface area contributed by atoms with Crippen molar-refractivity contribution in [3.05, 3.63) is 64.4 Å². The standard InChI is InChI=1S/C19H12ClFN2O6/c20-14-7-10(4-5-15(14)29-9-16(24)25)6-13-17(26)22-19(28)23(18(13)27)12-3-1-2-11(21)8-12/h1-8H,9H2,(H,24,25)(H,22,26,28)/b13-6-. The van der Waals surface area contributed by atoms with Gasteiger partial charge in [0.15, 0.2) is 6.61 Å². The van der Waals surface area contributed by atoms with Crippen LogP contribution in [0.3, 0.4) is 0 Å². The molecule has 8 nitrogen and oxygen atoms in total. The minimum atomic E-state index is -1.18. The first-order chi connectivity index (χ1) is 13.8. The monoisotopic (exact) mass is 418 g/mol. The van der Waals surface area contributed by atoms with E-state index in [1.807, 2.05) is 5.32 Å². The number of anilines is 1. The summed E-state index contributed by atoms with van der Waals surface area (Å²) >= 11 is 6.03. The Kier molecular flexibility index (Phi) is 5.60. The van der Waals surface area contributed by atoms with E-state index in [9.17, 15) is 23.6 Å². The zero-order valence-electron chi connectivity index (χ0n) is 14.5. The average molecular weight is 419 g/mol. The third-order valence-corrected chi connectivity index (χ3v) is 4.08. The molecular weight excluding hydrogens is 407 g/mol. The number of benzene rings is 2. The number of ether oxygens (including phenoxy) is 1. The summed E-state index contributed by atoms with van der Waals surface area (Å²) in [6, 6.07) is 7.97. The molecule has 1 aliphatic rings. The highest BCUT2D eigenvalue weighted by atomic mass is 35.5. The van der Waals surface area contributed by atoms with Gasteiger partial charge < -0.3 is 9.84 Å². The highest BCUT2D eigenvalue weighted by Gasteiger charge is 2.36. The fourth-order valence-corrected chi connectivity index (χ4v) is 2.78. The predicted molar refractivity (Wildman–Crippen MR) is 100.0 cm³/mol. The van der Waals surface area contributed by atoms with Crippen LogP contribution in [0.4, 0.5) is 14.9 Å². The van der Waals surface area contributed by atoms with Crippen molar-refractivity contribution in [1.82, 2.24) is 5.32 Å². The molecule has 2 N–H and O–H groups in total. The molecule has 0 bridgehead atoms. The number of barbiturate groups is 1. The average Bonchev–Trinajstić information content (AvgIpc) is 2.64. The lowest BCUT2D eigenvalue weighted by atomic mass is 10.1. The van der Waals surface area contributed by atoms with Crippen LogP contribution in [0, 0.1) is 5.82 Å². The number of aliphatic carboxylic acids is 1. The lowest BCUT2D eigenvalue weighted by Gasteiger charge is -2.26. The van der Waals surface area contributed by atoms with Gasteiger partial charge in [-0.1, -0.05) is 23.7 Å². The quantitative estimate of drug-likeness (QED) is 0.570. The molecule has 0 saturated carbocycles. The van der Waals surface area contributed by atoms with Gasteiger partial charge in [0.05, 0.1) is 10.7 Å². The molecule has 148 valence electrons. The number of nitrogens with one attached hydrogen (secondary N) is 1. The summed E-state index contributed by atoms with van der Waals surface area (Å²) in [5, 5.41) is 10.7. The number of hydrogen-bond donors (Lipinski definition) is 2. The van der Waals surface area contributed by atoms with E-state index in [0.29, 0.717) is 10.5 Å². The zero-order chi connectivity index (χ0) is 21.1. The van der Waals surface area contributed by atoms with Crippen molar-refractivity contribution >= 4 is 47.2 Å². The summed E-state index contributed by atoms with van der Waals surface area (Å²) < 4.78 is 18.5. The molecule has 0 spiro atoms. The molecule has 10 heteroatoms. The SMILES string of the molecule is O=C(O)COc1ccc(/C=C2/C(=O)NC(=O)N(c3cccc(F)c3)C2=O)cc1Cl. The summed E-state index contributed by atoms with van der Waals surface area (Å²) in [5.74, 6) is -3.60. The zero-order valence-corrected chi connectivity index (χ0v) is 15.3. The third-order valence-electron chi connectivity index (χ3n) is 3.79. The van der Waals surface area contributed by atoms with E-state index in [1.165, 1.54) is 36.4 Å². The van der Waals surface area contributed by atoms with Crippen molar-refractivity contribution in [3.63, 3.8) is 0 Å². The minimum absolute atomic E-state index is 0.0404. The molecule has 0 aliphatic carbocycles. The Labute approximate surface area is 168 Å². The molecule has 1 fully saturated rings. The Hall–Kier alpha value is -3.72. The highest BCUT2D eigenvalue weighted by molar-refractivity contribution is 6.39. The second-order valence-corrected chi connectivity index (χ2v) is 6.22. The van der Waals surface area contributed by atoms with Gasteiger partial charge in [-0.2, -0.15) is 0 Å². The number of carbonyl (C=O) groups excluding carboxylic acids is 3. The molecule has 3 rings (SSSR count). The molecular formula is C19H12ClFN2O6. The van der Waals surface area contributed by atoms with Crippen LogP contribution < -0.4 is 15.0 Å². The van der Waals surface area contributed by atoms with Crippen molar-refractivity contribution < 1.29 is 33.4 Å². The number of carboxylic acid groups (broad SMARTS) is 1. The van der Waals surface area contributed by atoms with Crippen LogP contribution in [0.15, 0.2) is 48.0 Å². The topological polar surface area (TPSA) is 113 Å². The molecule has 2 aromatic carbocycles. The summed E-state index contributed by atoms with van der Waals surface area (Å²) in [5.41, 5.74) is -0.0878. The van der Waals surface area contributed by atoms with Gasteiger partial charge >= 0.3 is 12.0 Å². The van der Waals surface area contributed by atoms with Crippen molar-refractivity contribution in [2.45, 2.75) is 0 Å². The van der Waals surface area contributed by atoms with E-state index in [2.05, 4.69) is 0 Å². The van der Waals surface area contributed by atoms with Gasteiger partial charge in [0.25, 0.3) is 11.8 Å². The first kappa shape index (κ1) is 20.0. The van der Waals surface area contributed by atoms with Crippen LogP contribution in [-0.2, 0) is 14.4 Å². The molecule has 0 atom stereocenters. The highest BCUT2D eigenvalue weighted by Crippen LogP contribution is 2.28. The number of imide groups is 2. The van der Waals surface area contributed by atoms with E-state index < -0.39 is 36.2 Å². The maximum atomic E-state index is 13.5. The molecule has 0 radical (unpaired) electrons. The van der Waals surface area contributed by atoms with Crippen molar-refractivity contribution in [3.8, 4) is 5.75 Å². The largest absolute Gasteiger partial charge is 0.480 e. The fraction of sp³-hybridized carbons (Fsp3) is 0.0526. The number of urea groups is 1. The second kappa shape index (κ2) is 8.11. The normalized spacial score (nSPS) is 15.4. The van der Waals surface area contributed by atoms with Crippen molar-refractivity contribution in [2.24, 2.45) is 0 Å². The van der Waals surface area contributed by atoms with Crippen LogP contribution in [0.2, 0.25) is 5.02 Å². The molecule has 0 aromatic heterocycles. The van der Waals surface area contributed by atoms with E-state index in [1.54, 1.807) is 0 Å². The number of hydrogen-bond acceptors (Lipinski definition) is 5. The maximum absolute atomic E-state index is 13.5. The number of carboxylic acids is 1. The predicted octanol–water partition coefficient (Wildman–Crippen LogP) is 2.61. The smallest absolute Gasteiger partial charge is 0.341 e. The lowest BCUT2D eigenvalue weighted by Crippen LogP contribution is -2.54. The van der Waals surface area contributed by atoms with Crippen LogP contribution in [-0.4, -0.2) is 35.5 Å². The summed E-state index contributed by atoms with van der Waals surface area (Å²) in [6.07, 6.45) is 1.20. The van der Waals surface area contributed by atoms with Gasteiger partial charge in [-0.25, -0.2) is 18.9 Å². The van der Waals surface area contributed by atoms with Gasteiger partial charge in [-0.05, 0) is 42.0 Å². The van der Waals surface area contributed by atoms with E-state index >= 15 is 0 Å². The molecule has 2 aromatic rings. The molecule has 1 heterocycles. The van der Waals surface area contributed by atoms with Crippen LogP contribution >= 0.6 is 11.6 Å². The van der Waals surface area contributed by atoms with Crippen molar-refractivity contribution in [1.29, 1.82) is 0 Å². The molecule has 0 unspecified atom stereocenters. The summed E-state index contributed by atoms with van der Waals surface area (Å²) in [7, 11) is 0. The van der Waals surface area contributed by atoms with Gasteiger partial charge in [0.1, 0.15) is 17.1 Å². The molecule has 1 saturated heterocycles. The molecule has 1 aliphatic heterocycles. The number of carbonyl (C=O) groups is 4. The Morgan fingerprint density at radius 1 is 1.21 bits per heavy atom. The molecule has 4 amide bonds. The third kappa shape index (κ3) is 4.41. The Balaban J connectivity index is 1.92. The lowest BCUT2D eigenvalue weighted by molar-refractivity contribution is -0.139. The second-order valence-electron chi connectivity index (χ2n) is 5.81. The maximum Gasteiger partial charge on any atom is 0.341 e. The Bertz CT molecular complexity index is 1070. The van der Waals surface area contributed by atoms with E-state index in [4.69, 9.17) is 21.4 Å². The Morgan fingerprint density at radius 2 is 1.97 bits per heavy atom. The minimum Gasteiger partial charge on any atom is -0.480 e. The summed E-state index contributed by atoms with van der Waals surface area (Å²) in [6.45, 7) is -0.592. The summed E-state index contributed by atoms with van der Waals surface area (Å²) in [4.78, 5) is 48.2. The number of halogens is 2. The van der Waals surface area contributed by atoms with Gasteiger partial charge in [-0.3, -0.25) is 14.9 Å². The van der Waals surface area contributed by atoms with Crippen LogP contribution in [0.5, 0.6) is 5.75 Å². The first-order valence-corrected chi connectivity index (χ1v) is 8.45. The van der Waals surface area contributed by atoms with Gasteiger partial charge in [0.2, 0.25) is 0 Å². The van der Waals surface area contributed by atoms with E-state index in [-0.39, 0.29) is 22.0 Å². The number of nitrogens with zero attached hydrogens (tertiary/aromatic N) is 1. The van der Waals surface area contributed by atoms with E-state index in [0.717, 1.165) is 12.1 Å². The first-order valence-electron chi connectivity index (χ1n) is 8.07. The van der Waals surface area contributed by atoms with Crippen LogP contribution in [0.25, 0.3) is 6.08 Å².